The zero-order valence-corrected chi connectivity index (χ0v) is 37.7. The number of carbonyl (C=O) groups is 3. The van der Waals surface area contributed by atoms with Gasteiger partial charge in [0.05, 0.1) is 0 Å². The summed E-state index contributed by atoms with van der Waals surface area (Å²) in [5, 5.41) is 0. The molecule has 1 atom stereocenters. The Morgan fingerprint density at radius 2 is 0.589 bits per heavy atom. The second-order valence-corrected chi connectivity index (χ2v) is 16.7. The Balaban J connectivity index is 4.22. The van der Waals surface area contributed by atoms with Crippen LogP contribution >= 0.6 is 0 Å². The van der Waals surface area contributed by atoms with Crippen LogP contribution < -0.4 is 0 Å². The highest BCUT2D eigenvalue weighted by molar-refractivity contribution is 5.71. The van der Waals surface area contributed by atoms with Crippen LogP contribution in [0.4, 0.5) is 0 Å². The molecule has 330 valence electrons. The van der Waals surface area contributed by atoms with Crippen LogP contribution in [0.15, 0.2) is 12.2 Å². The van der Waals surface area contributed by atoms with E-state index in [1.54, 1.807) is 0 Å². The van der Waals surface area contributed by atoms with Crippen LogP contribution in [0.2, 0.25) is 0 Å². The van der Waals surface area contributed by atoms with Crippen LogP contribution in [0, 0.1) is 0 Å². The van der Waals surface area contributed by atoms with E-state index >= 15 is 0 Å². The normalized spacial score (nSPS) is 12.0. The summed E-state index contributed by atoms with van der Waals surface area (Å²) in [4.78, 5) is 37.7. The minimum absolute atomic E-state index is 0.0675. The molecule has 0 aliphatic carbocycles. The third-order valence-electron chi connectivity index (χ3n) is 11.0. The molecule has 0 aromatic rings. The maximum absolute atomic E-state index is 12.7. The molecule has 0 bridgehead atoms. The van der Waals surface area contributed by atoms with E-state index in [-0.39, 0.29) is 31.1 Å². The Morgan fingerprint density at radius 1 is 0.339 bits per heavy atom. The fourth-order valence-corrected chi connectivity index (χ4v) is 7.26. The molecule has 0 amide bonds. The molecule has 0 saturated heterocycles. The van der Waals surface area contributed by atoms with Crippen LogP contribution in [-0.2, 0) is 28.6 Å². The maximum atomic E-state index is 12.7. The summed E-state index contributed by atoms with van der Waals surface area (Å²) in [5.41, 5.74) is 0. The first-order chi connectivity index (χ1) is 27.5. The van der Waals surface area contributed by atoms with Gasteiger partial charge in [-0.1, -0.05) is 219 Å². The largest absolute Gasteiger partial charge is 0.462 e. The Morgan fingerprint density at radius 3 is 0.893 bits per heavy atom. The van der Waals surface area contributed by atoms with Gasteiger partial charge in [-0.25, -0.2) is 0 Å². The van der Waals surface area contributed by atoms with E-state index in [9.17, 15) is 14.4 Å². The van der Waals surface area contributed by atoms with Crippen molar-refractivity contribution in [1.29, 1.82) is 0 Å². The number of ether oxygens (including phenoxy) is 3. The molecule has 6 heteroatoms. The van der Waals surface area contributed by atoms with Crippen molar-refractivity contribution in [2.24, 2.45) is 0 Å². The molecule has 0 spiro atoms. The molecule has 1 unspecified atom stereocenters. The van der Waals surface area contributed by atoms with E-state index in [1.807, 2.05) is 0 Å². The summed E-state index contributed by atoms with van der Waals surface area (Å²) >= 11 is 0. The van der Waals surface area contributed by atoms with Crippen molar-refractivity contribution in [1.82, 2.24) is 0 Å². The molecule has 0 aromatic heterocycles. The Kier molecular flexibility index (Phi) is 44.3. The van der Waals surface area contributed by atoms with Crippen molar-refractivity contribution in [3.8, 4) is 0 Å². The van der Waals surface area contributed by atoms with E-state index in [0.29, 0.717) is 19.3 Å². The highest BCUT2D eigenvalue weighted by atomic mass is 16.6. The molecule has 0 aliphatic heterocycles. The van der Waals surface area contributed by atoms with E-state index in [2.05, 4.69) is 32.9 Å². The molecule has 0 aromatic carbocycles. The van der Waals surface area contributed by atoms with Crippen LogP contribution in [0.25, 0.3) is 0 Å². The Bertz CT molecular complexity index is 870. The Hall–Kier alpha value is -1.85. The van der Waals surface area contributed by atoms with Crippen molar-refractivity contribution in [3.05, 3.63) is 12.2 Å². The lowest BCUT2D eigenvalue weighted by Crippen LogP contribution is -2.30. The van der Waals surface area contributed by atoms with Crippen LogP contribution in [0.1, 0.15) is 271 Å². The standard InChI is InChI=1S/C50H94O6/c1-4-7-10-13-16-18-20-22-23-24-25-26-28-29-31-34-37-40-43-49(52)55-46-47(45-54-48(51)42-39-36-33-15-12-9-6-3)56-50(53)44-41-38-35-32-30-27-21-19-17-14-11-8-5-2/h23-24,47H,4-22,25-46H2,1-3H3/b24-23-. The third-order valence-corrected chi connectivity index (χ3v) is 11.0. The van der Waals surface area contributed by atoms with Gasteiger partial charge in [-0.15, -0.1) is 0 Å². The highest BCUT2D eigenvalue weighted by Crippen LogP contribution is 2.15. The van der Waals surface area contributed by atoms with E-state index in [1.165, 1.54) is 173 Å². The smallest absolute Gasteiger partial charge is 0.306 e. The molecule has 0 aliphatic rings. The van der Waals surface area contributed by atoms with Gasteiger partial charge in [0.2, 0.25) is 0 Å². The molecular formula is C50H94O6. The molecule has 0 N–H and O–H groups in total. The zero-order chi connectivity index (χ0) is 40.8. The first kappa shape index (κ1) is 54.2. The van der Waals surface area contributed by atoms with Gasteiger partial charge in [0, 0.05) is 19.3 Å². The minimum atomic E-state index is -0.762. The van der Waals surface area contributed by atoms with Gasteiger partial charge in [-0.2, -0.15) is 0 Å². The van der Waals surface area contributed by atoms with Crippen LogP contribution in [0.3, 0.4) is 0 Å². The molecular weight excluding hydrogens is 697 g/mol. The molecule has 0 saturated carbocycles. The van der Waals surface area contributed by atoms with Gasteiger partial charge < -0.3 is 14.2 Å². The second-order valence-electron chi connectivity index (χ2n) is 16.7. The Labute approximate surface area is 348 Å². The summed E-state index contributed by atoms with van der Waals surface area (Å²) in [7, 11) is 0. The lowest BCUT2D eigenvalue weighted by molar-refractivity contribution is -0.167. The van der Waals surface area contributed by atoms with E-state index < -0.39 is 6.10 Å². The molecule has 0 fully saturated rings. The molecule has 0 rings (SSSR count). The van der Waals surface area contributed by atoms with E-state index in [0.717, 1.165) is 57.8 Å². The van der Waals surface area contributed by atoms with Gasteiger partial charge in [0.1, 0.15) is 13.2 Å². The lowest BCUT2D eigenvalue weighted by atomic mass is 10.0. The predicted molar refractivity (Wildman–Crippen MR) is 238 cm³/mol. The van der Waals surface area contributed by atoms with Crippen molar-refractivity contribution < 1.29 is 28.6 Å². The summed E-state index contributed by atoms with van der Waals surface area (Å²) in [6, 6.07) is 0. The molecule has 6 nitrogen and oxygen atoms in total. The lowest BCUT2D eigenvalue weighted by Gasteiger charge is -2.18. The monoisotopic (exact) mass is 791 g/mol. The summed E-state index contributed by atoms with van der Waals surface area (Å²) in [6.07, 6.45) is 49.2. The number of hydrogen-bond acceptors (Lipinski definition) is 6. The van der Waals surface area contributed by atoms with Crippen molar-refractivity contribution in [2.45, 2.75) is 277 Å². The zero-order valence-electron chi connectivity index (χ0n) is 37.7. The average molecular weight is 791 g/mol. The number of hydrogen-bond donors (Lipinski definition) is 0. The fourth-order valence-electron chi connectivity index (χ4n) is 7.26. The number of carbonyl (C=O) groups excluding carboxylic acids is 3. The number of esters is 3. The molecule has 0 heterocycles. The first-order valence-corrected chi connectivity index (χ1v) is 24.7. The quantitative estimate of drug-likeness (QED) is 0.0264. The predicted octanol–water partition coefficient (Wildman–Crippen LogP) is 15.8. The molecule has 56 heavy (non-hydrogen) atoms. The van der Waals surface area contributed by atoms with Gasteiger partial charge in [0.25, 0.3) is 0 Å². The van der Waals surface area contributed by atoms with Crippen molar-refractivity contribution >= 4 is 17.9 Å². The average Bonchev–Trinajstić information content (AvgIpc) is 3.19. The van der Waals surface area contributed by atoms with Crippen LogP contribution in [0.5, 0.6) is 0 Å². The number of allylic oxidation sites excluding steroid dienone is 2. The van der Waals surface area contributed by atoms with Gasteiger partial charge >= 0.3 is 17.9 Å². The van der Waals surface area contributed by atoms with E-state index in [4.69, 9.17) is 14.2 Å². The summed E-state index contributed by atoms with van der Waals surface area (Å²) < 4.78 is 16.7. The van der Waals surface area contributed by atoms with Crippen LogP contribution in [-0.4, -0.2) is 37.2 Å². The topological polar surface area (TPSA) is 78.9 Å². The number of rotatable bonds is 45. The second kappa shape index (κ2) is 45.8. The van der Waals surface area contributed by atoms with Gasteiger partial charge in [-0.3, -0.25) is 14.4 Å². The minimum Gasteiger partial charge on any atom is -0.462 e. The molecule has 0 radical (unpaired) electrons. The van der Waals surface area contributed by atoms with Crippen molar-refractivity contribution in [2.75, 3.05) is 13.2 Å². The van der Waals surface area contributed by atoms with Crippen molar-refractivity contribution in [3.63, 3.8) is 0 Å². The maximum Gasteiger partial charge on any atom is 0.306 e. The van der Waals surface area contributed by atoms with Gasteiger partial charge in [-0.05, 0) is 44.9 Å². The number of unbranched alkanes of at least 4 members (excludes halogenated alkanes) is 32. The van der Waals surface area contributed by atoms with Gasteiger partial charge in [0.15, 0.2) is 6.10 Å². The highest BCUT2D eigenvalue weighted by Gasteiger charge is 2.19. The first-order valence-electron chi connectivity index (χ1n) is 24.7. The summed E-state index contributed by atoms with van der Waals surface area (Å²) in [6.45, 7) is 6.61. The SMILES string of the molecule is CCCCCCCCC/C=C\CCCCCCCCCC(=O)OCC(COC(=O)CCCCCCCCC)OC(=O)CCCCCCCCCCCCCCC. The summed E-state index contributed by atoms with van der Waals surface area (Å²) in [5.74, 6) is -0.866. The fraction of sp³-hybridized carbons (Fsp3) is 0.900. The third kappa shape index (κ3) is 43.3.